The van der Waals surface area contributed by atoms with Crippen molar-refractivity contribution in [3.05, 3.63) is 65.0 Å². The van der Waals surface area contributed by atoms with Gasteiger partial charge in [-0.1, -0.05) is 23.3 Å². The molecule has 1 aromatic heterocycles. The Morgan fingerprint density at radius 2 is 1.67 bits per heavy atom. The number of pyridine rings is 1. The van der Waals surface area contributed by atoms with Crippen molar-refractivity contribution in [2.45, 2.75) is 40.2 Å². The molecule has 5 heteroatoms. The number of hydrogen-bond acceptors (Lipinski definition) is 3. The number of aryl methyl sites for hydroxylation is 2. The molecule has 0 saturated carbocycles. The van der Waals surface area contributed by atoms with Crippen LogP contribution in [0.25, 0.3) is 0 Å². The van der Waals surface area contributed by atoms with Crippen LogP contribution < -0.4 is 5.43 Å². The fraction of sp³-hybridized carbons (Fsp3) is 0.316. The maximum atomic E-state index is 12.7. The molecule has 5 nitrogen and oxygen atoms in total. The van der Waals surface area contributed by atoms with E-state index in [1.54, 1.807) is 36.5 Å². The van der Waals surface area contributed by atoms with Gasteiger partial charge in [-0.15, -0.1) is 0 Å². The minimum Gasteiger partial charge on any atom is -0.267 e. The van der Waals surface area contributed by atoms with Gasteiger partial charge >= 0.3 is 0 Å². The van der Waals surface area contributed by atoms with Gasteiger partial charge < -0.3 is 0 Å². The summed E-state index contributed by atoms with van der Waals surface area (Å²) < 4.78 is 0. The van der Waals surface area contributed by atoms with Gasteiger partial charge in [0.2, 0.25) is 0 Å². The average molecular weight is 325 g/mol. The van der Waals surface area contributed by atoms with E-state index < -0.39 is 5.54 Å². The van der Waals surface area contributed by atoms with E-state index in [0.29, 0.717) is 5.56 Å². The molecule has 0 radical (unpaired) electrons. The maximum absolute atomic E-state index is 12.7. The Bertz CT molecular complexity index is 729. The SMILES string of the molecule is Cc1cc(C)cc(C(=O)NN(C(=O)c2ccccn2)C(C)(C)C)c1. The third kappa shape index (κ3) is 4.19. The van der Waals surface area contributed by atoms with Crippen LogP contribution in [0.4, 0.5) is 0 Å². The van der Waals surface area contributed by atoms with Gasteiger partial charge in [0.05, 0.1) is 5.54 Å². The Kier molecular flexibility index (Phi) is 5.02. The fourth-order valence-electron chi connectivity index (χ4n) is 2.40. The number of amides is 2. The molecule has 0 spiro atoms. The van der Waals surface area contributed by atoms with E-state index >= 15 is 0 Å². The molecule has 0 aliphatic carbocycles. The lowest BCUT2D eigenvalue weighted by atomic mass is 10.1. The largest absolute Gasteiger partial charge is 0.291 e. The summed E-state index contributed by atoms with van der Waals surface area (Å²) in [7, 11) is 0. The lowest BCUT2D eigenvalue weighted by Crippen LogP contribution is -2.56. The van der Waals surface area contributed by atoms with Crippen LogP contribution in [0.15, 0.2) is 42.6 Å². The van der Waals surface area contributed by atoms with Gasteiger partial charge in [-0.2, -0.15) is 0 Å². The Balaban J connectivity index is 2.30. The summed E-state index contributed by atoms with van der Waals surface area (Å²) in [6, 6.07) is 10.7. The molecule has 2 rings (SSSR count). The highest BCUT2D eigenvalue weighted by Crippen LogP contribution is 2.16. The third-order valence-corrected chi connectivity index (χ3v) is 3.46. The topological polar surface area (TPSA) is 62.3 Å². The van der Waals surface area contributed by atoms with Gasteiger partial charge in [-0.3, -0.25) is 20.0 Å². The van der Waals surface area contributed by atoms with E-state index in [1.165, 1.54) is 5.01 Å². The van der Waals surface area contributed by atoms with Crippen molar-refractivity contribution in [3.8, 4) is 0 Å². The van der Waals surface area contributed by atoms with E-state index in [2.05, 4.69) is 10.4 Å². The molecule has 2 aromatic rings. The molecule has 126 valence electrons. The molecule has 0 unspecified atom stereocenters. The van der Waals surface area contributed by atoms with E-state index in [1.807, 2.05) is 40.7 Å². The van der Waals surface area contributed by atoms with Crippen molar-refractivity contribution < 1.29 is 9.59 Å². The van der Waals surface area contributed by atoms with Crippen molar-refractivity contribution in [3.63, 3.8) is 0 Å². The first-order valence-electron chi connectivity index (χ1n) is 7.83. The molecule has 0 aliphatic heterocycles. The highest BCUT2D eigenvalue weighted by atomic mass is 16.2. The zero-order valence-corrected chi connectivity index (χ0v) is 14.8. The average Bonchev–Trinajstić information content (AvgIpc) is 2.50. The van der Waals surface area contributed by atoms with Crippen molar-refractivity contribution >= 4 is 11.8 Å². The number of nitrogens with one attached hydrogen (secondary N) is 1. The maximum Gasteiger partial charge on any atom is 0.291 e. The van der Waals surface area contributed by atoms with Gasteiger partial charge in [-0.05, 0) is 58.9 Å². The van der Waals surface area contributed by atoms with E-state index in [9.17, 15) is 9.59 Å². The second-order valence-corrected chi connectivity index (χ2v) is 6.84. The summed E-state index contributed by atoms with van der Waals surface area (Å²) in [6.45, 7) is 9.44. The highest BCUT2D eigenvalue weighted by molar-refractivity contribution is 5.98. The van der Waals surface area contributed by atoms with Crippen molar-refractivity contribution in [2.24, 2.45) is 0 Å². The molecule has 24 heavy (non-hydrogen) atoms. The Morgan fingerprint density at radius 1 is 1.04 bits per heavy atom. The quantitative estimate of drug-likeness (QED) is 0.862. The molecular formula is C19H23N3O2. The van der Waals surface area contributed by atoms with Gasteiger partial charge in [0.25, 0.3) is 11.8 Å². The van der Waals surface area contributed by atoms with Crippen molar-refractivity contribution in [1.29, 1.82) is 0 Å². The van der Waals surface area contributed by atoms with Crippen LogP contribution in [-0.4, -0.2) is 27.3 Å². The van der Waals surface area contributed by atoms with Crippen LogP contribution in [0.3, 0.4) is 0 Å². The summed E-state index contributed by atoms with van der Waals surface area (Å²) in [5.74, 6) is -0.665. The lowest BCUT2D eigenvalue weighted by Gasteiger charge is -2.35. The second-order valence-electron chi connectivity index (χ2n) is 6.84. The predicted molar refractivity (Wildman–Crippen MR) is 93.5 cm³/mol. The summed E-state index contributed by atoms with van der Waals surface area (Å²) in [5.41, 5.74) is 4.94. The van der Waals surface area contributed by atoms with Crippen LogP contribution in [-0.2, 0) is 0 Å². The number of hydrogen-bond donors (Lipinski definition) is 1. The van der Waals surface area contributed by atoms with Gasteiger partial charge in [-0.25, -0.2) is 5.01 Å². The zero-order chi connectivity index (χ0) is 17.9. The molecule has 1 aromatic carbocycles. The number of carbonyl (C=O) groups excluding carboxylic acids is 2. The number of aromatic nitrogens is 1. The minimum atomic E-state index is -0.594. The molecule has 2 amide bonds. The molecule has 0 bridgehead atoms. The van der Waals surface area contributed by atoms with Crippen molar-refractivity contribution in [1.82, 2.24) is 15.4 Å². The van der Waals surface area contributed by atoms with Crippen LogP contribution in [0.1, 0.15) is 52.7 Å². The van der Waals surface area contributed by atoms with Gasteiger partial charge in [0.15, 0.2) is 0 Å². The number of benzene rings is 1. The molecule has 0 atom stereocenters. The summed E-state index contributed by atoms with van der Waals surface area (Å²) >= 11 is 0. The summed E-state index contributed by atoms with van der Waals surface area (Å²) in [4.78, 5) is 29.4. The van der Waals surface area contributed by atoms with Gasteiger partial charge in [0, 0.05) is 11.8 Å². The first-order chi connectivity index (χ1) is 11.2. The smallest absolute Gasteiger partial charge is 0.267 e. The standard InChI is InChI=1S/C19H23N3O2/c1-13-10-14(2)12-15(11-13)17(23)21-22(19(3,4)5)18(24)16-8-6-7-9-20-16/h6-12H,1-5H3,(H,21,23). The summed E-state index contributed by atoms with van der Waals surface area (Å²) in [5, 5.41) is 1.33. The molecule has 0 aliphatic rings. The van der Waals surface area contributed by atoms with Gasteiger partial charge in [0.1, 0.15) is 5.69 Å². The minimum absolute atomic E-state index is 0.285. The zero-order valence-electron chi connectivity index (χ0n) is 14.8. The Hall–Kier alpha value is -2.69. The van der Waals surface area contributed by atoms with Crippen LogP contribution >= 0.6 is 0 Å². The number of hydrazine groups is 1. The first-order valence-corrected chi connectivity index (χ1v) is 7.83. The van der Waals surface area contributed by atoms with Crippen molar-refractivity contribution in [2.75, 3.05) is 0 Å². The van der Waals surface area contributed by atoms with E-state index in [0.717, 1.165) is 11.1 Å². The monoisotopic (exact) mass is 325 g/mol. The van der Waals surface area contributed by atoms with Crippen LogP contribution in [0.5, 0.6) is 0 Å². The third-order valence-electron chi connectivity index (χ3n) is 3.46. The van der Waals surface area contributed by atoms with E-state index in [4.69, 9.17) is 0 Å². The Labute approximate surface area is 142 Å². The molecule has 0 saturated heterocycles. The second kappa shape index (κ2) is 6.83. The fourth-order valence-corrected chi connectivity index (χ4v) is 2.40. The highest BCUT2D eigenvalue weighted by Gasteiger charge is 2.30. The lowest BCUT2D eigenvalue weighted by molar-refractivity contribution is 0.0353. The first kappa shape index (κ1) is 17.7. The van der Waals surface area contributed by atoms with E-state index in [-0.39, 0.29) is 17.5 Å². The Morgan fingerprint density at radius 3 is 2.17 bits per heavy atom. The number of rotatable bonds is 2. The number of nitrogens with zero attached hydrogens (tertiary/aromatic N) is 2. The molecule has 1 heterocycles. The number of carbonyl (C=O) groups is 2. The summed E-state index contributed by atoms with van der Waals surface area (Å²) in [6.07, 6.45) is 1.56. The predicted octanol–water partition coefficient (Wildman–Crippen LogP) is 3.28. The van der Waals surface area contributed by atoms with Crippen LogP contribution in [0, 0.1) is 13.8 Å². The molecule has 1 N–H and O–H groups in total. The van der Waals surface area contributed by atoms with Crippen LogP contribution in [0.2, 0.25) is 0 Å². The normalized spacial score (nSPS) is 11.0. The molecule has 0 fully saturated rings. The molecular weight excluding hydrogens is 302 g/mol.